The summed E-state index contributed by atoms with van der Waals surface area (Å²) in [6, 6.07) is 0.301. The number of aliphatic hydroxyl groups excluding tert-OH is 1. The monoisotopic (exact) mass is 549 g/mol. The first-order valence-corrected chi connectivity index (χ1v) is 14.0. The third kappa shape index (κ3) is 8.98. The second kappa shape index (κ2) is 14.0. The minimum Gasteiger partial charge on any atom is -0.469 e. The SMILES string of the molecule is COC(=O)C[C@@H]1C[C@@]2(CO2)[C@H](O)[C@@H](/C=C/C(C)=C/C[C@@H]2O[C@H](C)[C@H](N(C)C/C=C\[C@H](C)OC(C)=O)C[C@@H]2C)O1. The number of aliphatic hydroxyl groups is 1. The number of ether oxygens (including phenoxy) is 5. The fourth-order valence-electron chi connectivity index (χ4n) is 5.59. The van der Waals surface area contributed by atoms with Gasteiger partial charge in [0.2, 0.25) is 0 Å². The molecule has 0 aromatic rings. The number of carbonyl (C=O) groups excluding carboxylic acids is 2. The fourth-order valence-corrected chi connectivity index (χ4v) is 5.59. The van der Waals surface area contributed by atoms with Gasteiger partial charge in [0.15, 0.2) is 0 Å². The summed E-state index contributed by atoms with van der Waals surface area (Å²) < 4.78 is 28.0. The molecule has 39 heavy (non-hydrogen) atoms. The zero-order valence-corrected chi connectivity index (χ0v) is 24.5. The van der Waals surface area contributed by atoms with Gasteiger partial charge in [0.1, 0.15) is 23.9 Å². The Kier molecular flexibility index (Phi) is 11.3. The van der Waals surface area contributed by atoms with E-state index in [-0.39, 0.29) is 42.8 Å². The number of allylic oxidation sites excluding steroid dienone is 2. The van der Waals surface area contributed by atoms with Gasteiger partial charge in [0, 0.05) is 25.9 Å². The van der Waals surface area contributed by atoms with Gasteiger partial charge in [-0.05, 0) is 52.7 Å². The molecule has 0 saturated carbocycles. The molecule has 9 nitrogen and oxygen atoms in total. The first-order valence-electron chi connectivity index (χ1n) is 14.0. The molecule has 0 unspecified atom stereocenters. The molecule has 0 aromatic heterocycles. The van der Waals surface area contributed by atoms with Crippen molar-refractivity contribution in [3.05, 3.63) is 36.0 Å². The van der Waals surface area contributed by atoms with Crippen LogP contribution < -0.4 is 0 Å². The predicted octanol–water partition coefficient (Wildman–Crippen LogP) is 3.35. The van der Waals surface area contributed by atoms with E-state index in [4.69, 9.17) is 23.7 Å². The molecule has 1 N–H and O–H groups in total. The van der Waals surface area contributed by atoms with Crippen molar-refractivity contribution in [2.45, 2.75) is 109 Å². The third-order valence-electron chi connectivity index (χ3n) is 8.03. The average molecular weight is 550 g/mol. The molecule has 3 heterocycles. The van der Waals surface area contributed by atoms with Crippen LogP contribution in [0, 0.1) is 5.92 Å². The molecule has 0 bridgehead atoms. The lowest BCUT2D eigenvalue weighted by atomic mass is 9.87. The van der Waals surface area contributed by atoms with Gasteiger partial charge in [-0.25, -0.2) is 0 Å². The Bertz CT molecular complexity index is 926. The van der Waals surface area contributed by atoms with Crippen molar-refractivity contribution in [3.63, 3.8) is 0 Å². The Morgan fingerprint density at radius 1 is 1.23 bits per heavy atom. The predicted molar refractivity (Wildman–Crippen MR) is 147 cm³/mol. The van der Waals surface area contributed by atoms with Gasteiger partial charge in [-0.15, -0.1) is 0 Å². The number of hydrogen-bond acceptors (Lipinski definition) is 9. The number of carbonyl (C=O) groups is 2. The van der Waals surface area contributed by atoms with Crippen LogP contribution in [0.4, 0.5) is 0 Å². The van der Waals surface area contributed by atoms with E-state index < -0.39 is 17.8 Å². The molecule has 3 saturated heterocycles. The van der Waals surface area contributed by atoms with Crippen LogP contribution in [-0.2, 0) is 33.3 Å². The van der Waals surface area contributed by atoms with Crippen molar-refractivity contribution in [2.24, 2.45) is 5.92 Å². The number of methoxy groups -OCH3 is 1. The highest BCUT2D eigenvalue weighted by molar-refractivity contribution is 5.69. The van der Waals surface area contributed by atoms with Crippen LogP contribution in [-0.4, -0.2) is 97.5 Å². The lowest BCUT2D eigenvalue weighted by molar-refractivity contribution is -0.157. The summed E-state index contributed by atoms with van der Waals surface area (Å²) in [5.74, 6) is -0.222. The van der Waals surface area contributed by atoms with Gasteiger partial charge in [-0.1, -0.05) is 36.8 Å². The minimum atomic E-state index is -0.772. The molecule has 9 atom stereocenters. The molecule has 3 aliphatic rings. The quantitative estimate of drug-likeness (QED) is 0.180. The van der Waals surface area contributed by atoms with Crippen LogP contribution in [0.15, 0.2) is 36.0 Å². The summed E-state index contributed by atoms with van der Waals surface area (Å²) in [7, 11) is 3.46. The fraction of sp³-hybridized carbons (Fsp3) is 0.733. The van der Waals surface area contributed by atoms with Crippen LogP contribution in [0.5, 0.6) is 0 Å². The first-order chi connectivity index (χ1) is 18.4. The molecule has 0 amide bonds. The van der Waals surface area contributed by atoms with Crippen molar-refractivity contribution in [1.82, 2.24) is 4.90 Å². The number of likely N-dealkylation sites (N-methyl/N-ethyl adjacent to an activating group) is 1. The van der Waals surface area contributed by atoms with Crippen molar-refractivity contribution < 1.29 is 38.4 Å². The number of hydrogen-bond donors (Lipinski definition) is 1. The first kappa shape index (κ1) is 31.5. The van der Waals surface area contributed by atoms with E-state index in [1.807, 2.05) is 38.2 Å². The van der Waals surface area contributed by atoms with Gasteiger partial charge in [-0.3, -0.25) is 14.5 Å². The largest absolute Gasteiger partial charge is 0.469 e. The molecule has 1 spiro atoms. The molecule has 220 valence electrons. The van der Waals surface area contributed by atoms with Crippen molar-refractivity contribution >= 4 is 11.9 Å². The zero-order chi connectivity index (χ0) is 28.7. The number of nitrogens with zero attached hydrogens (tertiary/aromatic N) is 1. The molecular formula is C30H47NO8. The summed E-state index contributed by atoms with van der Waals surface area (Å²) in [6.07, 6.45) is 10.7. The number of epoxide rings is 1. The van der Waals surface area contributed by atoms with Gasteiger partial charge in [-0.2, -0.15) is 0 Å². The third-order valence-corrected chi connectivity index (χ3v) is 8.03. The Hall–Kier alpha value is -2.04. The molecule has 0 aliphatic carbocycles. The lowest BCUT2D eigenvalue weighted by Gasteiger charge is -2.42. The molecule has 0 radical (unpaired) electrons. The Labute approximate surface area is 233 Å². The van der Waals surface area contributed by atoms with Gasteiger partial charge in [0.05, 0.1) is 38.4 Å². The second-order valence-corrected chi connectivity index (χ2v) is 11.4. The van der Waals surface area contributed by atoms with Crippen molar-refractivity contribution in [2.75, 3.05) is 27.3 Å². The van der Waals surface area contributed by atoms with Crippen LogP contribution in [0.25, 0.3) is 0 Å². The molecule has 3 aliphatic heterocycles. The molecule has 3 rings (SSSR count). The maximum atomic E-state index is 11.7. The zero-order valence-electron chi connectivity index (χ0n) is 24.5. The van der Waals surface area contributed by atoms with E-state index in [2.05, 4.69) is 31.9 Å². The summed E-state index contributed by atoms with van der Waals surface area (Å²) in [4.78, 5) is 25.1. The summed E-state index contributed by atoms with van der Waals surface area (Å²) in [5, 5.41) is 10.8. The average Bonchev–Trinajstić information content (AvgIpc) is 3.64. The number of rotatable bonds is 11. The van der Waals surface area contributed by atoms with Gasteiger partial charge < -0.3 is 28.8 Å². The Balaban J connectivity index is 1.50. The van der Waals surface area contributed by atoms with E-state index in [1.165, 1.54) is 14.0 Å². The van der Waals surface area contributed by atoms with E-state index in [0.717, 1.165) is 25.0 Å². The van der Waals surface area contributed by atoms with Crippen molar-refractivity contribution in [3.8, 4) is 0 Å². The van der Waals surface area contributed by atoms with Crippen LogP contribution in [0.1, 0.15) is 60.3 Å². The summed E-state index contributed by atoms with van der Waals surface area (Å²) in [5.41, 5.74) is 0.437. The summed E-state index contributed by atoms with van der Waals surface area (Å²) >= 11 is 0. The molecule has 9 heteroatoms. The smallest absolute Gasteiger partial charge is 0.308 e. The van der Waals surface area contributed by atoms with Crippen LogP contribution in [0.3, 0.4) is 0 Å². The maximum Gasteiger partial charge on any atom is 0.308 e. The maximum absolute atomic E-state index is 11.7. The highest BCUT2D eigenvalue weighted by Crippen LogP contribution is 2.43. The van der Waals surface area contributed by atoms with E-state index in [9.17, 15) is 14.7 Å². The van der Waals surface area contributed by atoms with Gasteiger partial charge >= 0.3 is 11.9 Å². The van der Waals surface area contributed by atoms with Gasteiger partial charge in [0.25, 0.3) is 0 Å². The van der Waals surface area contributed by atoms with Crippen LogP contribution in [0.2, 0.25) is 0 Å². The standard InChI is InChI=1S/C30H47NO8/c1-19(11-13-27-29(34)30(18-36-30)17-24(39-27)16-28(33)35-7)10-12-26-20(2)15-25(22(4)38-26)31(6)14-8-9-21(3)37-23(5)32/h8-11,13,20-22,24-27,29,34H,12,14-18H2,1-7H3/b9-8-,13-11+,19-10+/t20-,21-,22+,24+,25+,26-,27+,29+,30+/m0/s1. The molecular weight excluding hydrogens is 502 g/mol. The summed E-state index contributed by atoms with van der Waals surface area (Å²) in [6.45, 7) is 10.9. The normalized spacial score (nSPS) is 36.0. The Morgan fingerprint density at radius 3 is 2.59 bits per heavy atom. The highest BCUT2D eigenvalue weighted by atomic mass is 16.6. The van der Waals surface area contributed by atoms with Crippen LogP contribution >= 0.6 is 0 Å². The van der Waals surface area contributed by atoms with E-state index >= 15 is 0 Å². The lowest BCUT2D eigenvalue weighted by Crippen LogP contribution is -2.50. The highest BCUT2D eigenvalue weighted by Gasteiger charge is 2.58. The molecule has 0 aromatic carbocycles. The van der Waals surface area contributed by atoms with Crippen molar-refractivity contribution in [1.29, 1.82) is 0 Å². The van der Waals surface area contributed by atoms with E-state index in [0.29, 0.717) is 25.0 Å². The second-order valence-electron chi connectivity index (χ2n) is 11.4. The van der Waals surface area contributed by atoms with E-state index in [1.54, 1.807) is 0 Å². The minimum absolute atomic E-state index is 0.0898. The Morgan fingerprint density at radius 2 is 1.95 bits per heavy atom. The molecule has 3 fully saturated rings. The number of esters is 2. The topological polar surface area (TPSA) is 107 Å².